The van der Waals surface area contributed by atoms with Gasteiger partial charge in [0.05, 0.1) is 13.1 Å². The van der Waals surface area contributed by atoms with Crippen LogP contribution in [-0.2, 0) is 19.5 Å². The fourth-order valence-electron chi connectivity index (χ4n) is 3.85. The molecule has 1 N–H and O–H groups in total. The van der Waals surface area contributed by atoms with Crippen LogP contribution in [-0.4, -0.2) is 27.5 Å². The van der Waals surface area contributed by atoms with Crippen molar-refractivity contribution >= 4 is 17.2 Å². The average Bonchev–Trinajstić information content (AvgIpc) is 3.40. The summed E-state index contributed by atoms with van der Waals surface area (Å²) in [6.07, 6.45) is 7.75. The third kappa shape index (κ3) is 4.59. The number of carbonyl (C=O) groups is 1. The Kier molecular flexibility index (Phi) is 6.22. The third-order valence-corrected chi connectivity index (χ3v) is 6.32. The molecule has 0 fully saturated rings. The molecule has 0 bridgehead atoms. The highest BCUT2D eigenvalue weighted by Gasteiger charge is 2.28. The van der Waals surface area contributed by atoms with Crippen molar-refractivity contribution in [3.8, 4) is 12.3 Å². The highest BCUT2D eigenvalue weighted by molar-refractivity contribution is 7.13. The molecule has 152 valence electrons. The van der Waals surface area contributed by atoms with Gasteiger partial charge in [-0.05, 0) is 36.5 Å². The monoisotopic (exact) mass is 416 g/mol. The standard InChI is InChI=1S/C24H24N4OS/c1-3-14-28(21-13-12-19-6-4-5-7-20(19)21)16-22-26-27-24(30-22)23(29)25-15-18-10-8-17(2)9-11-18/h1,4-11,21H,12-16H2,2H3,(H,25,29)/t21-/m0/s1. The predicted molar refractivity (Wildman–Crippen MR) is 119 cm³/mol. The molecular weight excluding hydrogens is 392 g/mol. The molecule has 0 unspecified atom stereocenters. The van der Waals surface area contributed by atoms with Gasteiger partial charge in [0.15, 0.2) is 0 Å². The Bertz CT molecular complexity index is 1070. The van der Waals surface area contributed by atoms with Crippen LogP contribution in [0, 0.1) is 19.3 Å². The smallest absolute Gasteiger partial charge is 0.282 e. The van der Waals surface area contributed by atoms with E-state index in [2.05, 4.69) is 50.6 Å². The number of carbonyl (C=O) groups excluding carboxylic acids is 1. The lowest BCUT2D eigenvalue weighted by Crippen LogP contribution is -2.27. The van der Waals surface area contributed by atoms with Crippen LogP contribution >= 0.6 is 11.3 Å². The zero-order valence-corrected chi connectivity index (χ0v) is 17.8. The lowest BCUT2D eigenvalue weighted by atomic mass is 10.1. The fourth-order valence-corrected chi connectivity index (χ4v) is 4.64. The summed E-state index contributed by atoms with van der Waals surface area (Å²) in [6, 6.07) is 16.9. The molecule has 0 radical (unpaired) electrons. The Labute approximate surface area is 181 Å². The van der Waals surface area contributed by atoms with Gasteiger partial charge >= 0.3 is 0 Å². The summed E-state index contributed by atoms with van der Waals surface area (Å²) in [5, 5.41) is 12.5. The lowest BCUT2D eigenvalue weighted by molar-refractivity contribution is 0.0950. The molecule has 3 aromatic rings. The molecule has 0 aliphatic heterocycles. The second kappa shape index (κ2) is 9.21. The minimum atomic E-state index is -0.200. The van der Waals surface area contributed by atoms with Gasteiger partial charge in [-0.25, -0.2) is 0 Å². The van der Waals surface area contributed by atoms with Crippen LogP contribution in [0.4, 0.5) is 0 Å². The van der Waals surface area contributed by atoms with E-state index in [-0.39, 0.29) is 11.9 Å². The molecule has 1 atom stereocenters. The second-order valence-corrected chi connectivity index (χ2v) is 8.59. The summed E-state index contributed by atoms with van der Waals surface area (Å²) < 4.78 is 0. The van der Waals surface area contributed by atoms with Crippen LogP contribution in [0.3, 0.4) is 0 Å². The number of fused-ring (bicyclic) bond motifs is 1. The zero-order valence-electron chi connectivity index (χ0n) is 17.0. The minimum Gasteiger partial charge on any atom is -0.346 e. The van der Waals surface area contributed by atoms with Crippen molar-refractivity contribution in [3.63, 3.8) is 0 Å². The molecule has 1 amide bonds. The first-order chi connectivity index (χ1) is 14.6. The normalized spacial score (nSPS) is 15.0. The molecule has 1 aliphatic carbocycles. The van der Waals surface area contributed by atoms with Gasteiger partial charge in [-0.1, -0.05) is 71.4 Å². The number of terminal acetylenes is 1. The Morgan fingerprint density at radius 3 is 2.83 bits per heavy atom. The van der Waals surface area contributed by atoms with Gasteiger partial charge in [0.1, 0.15) is 5.01 Å². The van der Waals surface area contributed by atoms with E-state index in [9.17, 15) is 4.79 Å². The highest BCUT2D eigenvalue weighted by Crippen LogP contribution is 2.36. The molecule has 6 heteroatoms. The largest absolute Gasteiger partial charge is 0.346 e. The van der Waals surface area contributed by atoms with Crippen molar-refractivity contribution in [2.45, 2.75) is 38.9 Å². The van der Waals surface area contributed by atoms with Gasteiger partial charge in [0.25, 0.3) is 5.91 Å². The van der Waals surface area contributed by atoms with E-state index in [1.165, 1.54) is 28.0 Å². The van der Waals surface area contributed by atoms with Crippen LogP contribution in [0.5, 0.6) is 0 Å². The SMILES string of the molecule is C#CCN(Cc1nnc(C(=O)NCc2ccc(C)cc2)s1)[C@H]1CCc2ccccc21. The Morgan fingerprint density at radius 2 is 2.03 bits per heavy atom. The van der Waals surface area contributed by atoms with Crippen molar-refractivity contribution < 1.29 is 4.79 Å². The quantitative estimate of drug-likeness (QED) is 0.594. The molecule has 5 nitrogen and oxygen atoms in total. The van der Waals surface area contributed by atoms with Crippen molar-refractivity contribution in [2.75, 3.05) is 6.54 Å². The van der Waals surface area contributed by atoms with Gasteiger partial charge in [-0.2, -0.15) is 0 Å². The molecule has 4 rings (SSSR count). The van der Waals surface area contributed by atoms with Crippen LogP contribution in [0.15, 0.2) is 48.5 Å². The van der Waals surface area contributed by atoms with E-state index >= 15 is 0 Å². The topological polar surface area (TPSA) is 58.1 Å². The van der Waals surface area contributed by atoms with Crippen LogP contribution in [0.2, 0.25) is 0 Å². The second-order valence-electron chi connectivity index (χ2n) is 7.53. The van der Waals surface area contributed by atoms with Gasteiger partial charge in [-0.3, -0.25) is 9.69 Å². The maximum atomic E-state index is 12.5. The van der Waals surface area contributed by atoms with Crippen LogP contribution in [0.1, 0.15) is 49.5 Å². The summed E-state index contributed by atoms with van der Waals surface area (Å²) in [4.78, 5) is 14.7. The molecule has 30 heavy (non-hydrogen) atoms. The Balaban J connectivity index is 1.40. The third-order valence-electron chi connectivity index (χ3n) is 5.41. The predicted octanol–water partition coefficient (Wildman–Crippen LogP) is 3.90. The van der Waals surface area contributed by atoms with Crippen LogP contribution in [0.25, 0.3) is 0 Å². The summed E-state index contributed by atoms with van der Waals surface area (Å²) >= 11 is 1.33. The maximum absolute atomic E-state index is 12.5. The van der Waals surface area contributed by atoms with Gasteiger partial charge in [0.2, 0.25) is 5.01 Å². The van der Waals surface area contributed by atoms with Crippen molar-refractivity contribution in [3.05, 3.63) is 80.8 Å². The van der Waals surface area contributed by atoms with Gasteiger partial charge < -0.3 is 5.32 Å². The van der Waals surface area contributed by atoms with E-state index < -0.39 is 0 Å². The molecule has 0 saturated carbocycles. The number of nitrogens with zero attached hydrogens (tertiary/aromatic N) is 3. The minimum absolute atomic E-state index is 0.200. The first-order valence-electron chi connectivity index (χ1n) is 10.1. The summed E-state index contributed by atoms with van der Waals surface area (Å²) in [7, 11) is 0. The number of aromatic nitrogens is 2. The maximum Gasteiger partial charge on any atom is 0.282 e. The Morgan fingerprint density at radius 1 is 1.23 bits per heavy atom. The molecule has 1 aromatic heterocycles. The molecule has 2 aromatic carbocycles. The van der Waals surface area contributed by atoms with E-state index in [1.807, 2.05) is 31.2 Å². The summed E-state index contributed by atoms with van der Waals surface area (Å²) in [6.45, 7) is 3.63. The first-order valence-corrected chi connectivity index (χ1v) is 10.9. The Hall–Kier alpha value is -3.01. The van der Waals surface area contributed by atoms with E-state index in [0.717, 1.165) is 23.4 Å². The highest BCUT2D eigenvalue weighted by atomic mass is 32.1. The number of benzene rings is 2. The first kappa shape index (κ1) is 20.3. The summed E-state index contributed by atoms with van der Waals surface area (Å²) in [5.74, 6) is 2.57. The molecular formula is C24H24N4OS. The molecule has 1 heterocycles. The van der Waals surface area contributed by atoms with E-state index in [4.69, 9.17) is 6.42 Å². The van der Waals surface area contributed by atoms with E-state index in [0.29, 0.717) is 24.6 Å². The van der Waals surface area contributed by atoms with Gasteiger partial charge in [-0.15, -0.1) is 16.6 Å². The number of rotatable bonds is 7. The van der Waals surface area contributed by atoms with Crippen molar-refractivity contribution in [2.24, 2.45) is 0 Å². The van der Waals surface area contributed by atoms with Crippen LogP contribution < -0.4 is 5.32 Å². The average molecular weight is 417 g/mol. The number of amides is 1. The number of aryl methyl sites for hydroxylation is 2. The molecule has 0 saturated heterocycles. The lowest BCUT2D eigenvalue weighted by Gasteiger charge is -2.26. The fraction of sp³-hybridized carbons (Fsp3) is 0.292. The number of hydrogen-bond acceptors (Lipinski definition) is 5. The van der Waals surface area contributed by atoms with Crippen molar-refractivity contribution in [1.29, 1.82) is 0 Å². The molecule has 0 spiro atoms. The summed E-state index contributed by atoms with van der Waals surface area (Å²) in [5.41, 5.74) is 4.98. The molecule has 1 aliphatic rings. The number of nitrogens with one attached hydrogen (secondary N) is 1. The van der Waals surface area contributed by atoms with Gasteiger partial charge in [0, 0.05) is 12.6 Å². The number of hydrogen-bond donors (Lipinski definition) is 1. The van der Waals surface area contributed by atoms with Crippen molar-refractivity contribution in [1.82, 2.24) is 20.4 Å². The van der Waals surface area contributed by atoms with E-state index in [1.54, 1.807) is 0 Å². The zero-order chi connectivity index (χ0) is 20.9.